The van der Waals surface area contributed by atoms with E-state index in [2.05, 4.69) is 20.5 Å². The van der Waals surface area contributed by atoms with Crippen molar-refractivity contribution in [1.82, 2.24) is 15.2 Å². The van der Waals surface area contributed by atoms with Crippen LogP contribution in [0.2, 0.25) is 0 Å². The van der Waals surface area contributed by atoms with Crippen LogP contribution in [0.4, 0.5) is 5.13 Å². The molecule has 23 heavy (non-hydrogen) atoms. The number of carbonyl (C=O) groups is 1. The molecule has 0 atom stereocenters. The van der Waals surface area contributed by atoms with Crippen LogP contribution in [0.15, 0.2) is 40.9 Å². The lowest BCUT2D eigenvalue weighted by atomic mass is 10.2. The second-order valence-corrected chi connectivity index (χ2v) is 6.19. The van der Waals surface area contributed by atoms with Crippen LogP contribution in [-0.2, 0) is 11.2 Å². The van der Waals surface area contributed by atoms with Gasteiger partial charge in [0.15, 0.2) is 11.7 Å². The molecule has 118 valence electrons. The highest BCUT2D eigenvalue weighted by molar-refractivity contribution is 7.15. The van der Waals surface area contributed by atoms with E-state index in [0.29, 0.717) is 30.3 Å². The topological polar surface area (TPSA) is 80.9 Å². The molecular weight excluding hydrogens is 312 g/mol. The molecule has 1 aromatic carbocycles. The van der Waals surface area contributed by atoms with E-state index in [1.54, 1.807) is 6.20 Å². The molecule has 3 aromatic rings. The van der Waals surface area contributed by atoms with Crippen LogP contribution in [0.25, 0.3) is 11.3 Å². The highest BCUT2D eigenvalue weighted by Gasteiger charge is 2.09. The van der Waals surface area contributed by atoms with E-state index in [0.717, 1.165) is 16.3 Å². The second-order valence-electron chi connectivity index (χ2n) is 5.01. The van der Waals surface area contributed by atoms with Crippen LogP contribution >= 0.6 is 11.3 Å². The number of nitrogens with one attached hydrogen (secondary N) is 1. The summed E-state index contributed by atoms with van der Waals surface area (Å²) in [6.45, 7) is 1.85. The molecule has 6 nitrogen and oxygen atoms in total. The lowest BCUT2D eigenvalue weighted by Crippen LogP contribution is -2.11. The molecule has 1 N–H and O–H groups in total. The first-order chi connectivity index (χ1) is 11.2. The summed E-state index contributed by atoms with van der Waals surface area (Å²) in [6, 6.07) is 9.82. The Balaban J connectivity index is 1.47. The fourth-order valence-electron chi connectivity index (χ4n) is 2.09. The van der Waals surface area contributed by atoms with Gasteiger partial charge >= 0.3 is 0 Å². The van der Waals surface area contributed by atoms with E-state index in [-0.39, 0.29) is 5.91 Å². The van der Waals surface area contributed by atoms with Crippen molar-refractivity contribution in [1.29, 1.82) is 0 Å². The molecule has 2 aromatic heterocycles. The smallest absolute Gasteiger partial charge is 0.226 e. The van der Waals surface area contributed by atoms with Crippen LogP contribution in [-0.4, -0.2) is 21.1 Å². The number of nitrogens with zero attached hydrogens (tertiary/aromatic N) is 3. The molecule has 0 spiro atoms. The van der Waals surface area contributed by atoms with E-state index in [1.807, 2.05) is 37.3 Å². The summed E-state index contributed by atoms with van der Waals surface area (Å²) >= 11 is 1.36. The van der Waals surface area contributed by atoms with Gasteiger partial charge in [-0.3, -0.25) is 4.79 Å². The van der Waals surface area contributed by atoms with Crippen molar-refractivity contribution in [2.45, 2.75) is 26.2 Å². The summed E-state index contributed by atoms with van der Waals surface area (Å²) in [6.07, 6.45) is 3.39. The largest absolute Gasteiger partial charge is 0.441 e. The van der Waals surface area contributed by atoms with Crippen molar-refractivity contribution < 1.29 is 9.21 Å². The van der Waals surface area contributed by atoms with Crippen LogP contribution in [0.5, 0.6) is 0 Å². The number of hydrogen-bond donors (Lipinski definition) is 1. The van der Waals surface area contributed by atoms with E-state index in [9.17, 15) is 4.79 Å². The van der Waals surface area contributed by atoms with Crippen molar-refractivity contribution in [3.05, 3.63) is 47.4 Å². The van der Waals surface area contributed by atoms with Crippen molar-refractivity contribution >= 4 is 22.4 Å². The Bertz CT molecular complexity index is 782. The Kier molecular flexibility index (Phi) is 4.77. The molecule has 2 heterocycles. The van der Waals surface area contributed by atoms with Gasteiger partial charge < -0.3 is 9.73 Å². The quantitative estimate of drug-likeness (QED) is 0.749. The van der Waals surface area contributed by atoms with Gasteiger partial charge in [0.2, 0.25) is 11.0 Å². The van der Waals surface area contributed by atoms with Gasteiger partial charge in [0, 0.05) is 18.4 Å². The number of aryl methyl sites for hydroxylation is 2. The molecule has 3 rings (SSSR count). The second kappa shape index (κ2) is 7.15. The molecule has 0 bridgehead atoms. The minimum Gasteiger partial charge on any atom is -0.441 e. The molecule has 7 heteroatoms. The van der Waals surface area contributed by atoms with Crippen molar-refractivity contribution in [2.24, 2.45) is 0 Å². The van der Waals surface area contributed by atoms with Crippen LogP contribution in [0.1, 0.15) is 23.7 Å². The number of benzene rings is 1. The molecule has 0 radical (unpaired) electrons. The number of anilines is 1. The minimum absolute atomic E-state index is 0.0732. The molecular formula is C16H16N4O2S. The highest BCUT2D eigenvalue weighted by Crippen LogP contribution is 2.20. The maximum atomic E-state index is 11.8. The summed E-state index contributed by atoms with van der Waals surface area (Å²) in [7, 11) is 0. The predicted molar refractivity (Wildman–Crippen MR) is 88.2 cm³/mol. The van der Waals surface area contributed by atoms with Gasteiger partial charge in [-0.1, -0.05) is 41.7 Å². The molecule has 0 unspecified atom stereocenters. The van der Waals surface area contributed by atoms with E-state index in [4.69, 9.17) is 4.42 Å². The molecule has 0 saturated heterocycles. The number of hydrogen-bond acceptors (Lipinski definition) is 6. The zero-order chi connectivity index (χ0) is 16.1. The number of oxazole rings is 1. The van der Waals surface area contributed by atoms with Crippen LogP contribution in [0.3, 0.4) is 0 Å². The van der Waals surface area contributed by atoms with Gasteiger partial charge in [-0.05, 0) is 13.3 Å². The fraction of sp³-hybridized carbons (Fsp3) is 0.250. The van der Waals surface area contributed by atoms with E-state index in [1.165, 1.54) is 11.3 Å². The molecule has 0 saturated carbocycles. The fourth-order valence-corrected chi connectivity index (χ4v) is 2.70. The first kappa shape index (κ1) is 15.4. The Morgan fingerprint density at radius 2 is 2.09 bits per heavy atom. The number of carbonyl (C=O) groups excluding carboxylic acids is 1. The first-order valence-electron chi connectivity index (χ1n) is 7.31. The average Bonchev–Trinajstić information content (AvgIpc) is 3.17. The summed E-state index contributed by atoms with van der Waals surface area (Å²) < 4.78 is 5.71. The maximum absolute atomic E-state index is 11.8. The van der Waals surface area contributed by atoms with Gasteiger partial charge in [0.1, 0.15) is 5.01 Å². The zero-order valence-electron chi connectivity index (χ0n) is 12.7. The van der Waals surface area contributed by atoms with Gasteiger partial charge in [-0.2, -0.15) is 0 Å². The van der Waals surface area contributed by atoms with Gasteiger partial charge in [-0.25, -0.2) is 4.98 Å². The highest BCUT2D eigenvalue weighted by atomic mass is 32.1. The van der Waals surface area contributed by atoms with Crippen LogP contribution < -0.4 is 5.32 Å². The summed E-state index contributed by atoms with van der Waals surface area (Å²) in [5.41, 5.74) is 0.996. The third-order valence-electron chi connectivity index (χ3n) is 3.18. The van der Waals surface area contributed by atoms with E-state index >= 15 is 0 Å². The normalized spacial score (nSPS) is 10.7. The maximum Gasteiger partial charge on any atom is 0.226 e. The molecule has 0 fully saturated rings. The van der Waals surface area contributed by atoms with E-state index < -0.39 is 0 Å². The molecule has 0 aliphatic rings. The third kappa shape index (κ3) is 4.23. The minimum atomic E-state index is -0.0732. The van der Waals surface area contributed by atoms with Gasteiger partial charge in [-0.15, -0.1) is 10.2 Å². The standard InChI is InChI=1S/C16H16N4O2S/c1-11-19-20-16(23-11)18-14(21)8-5-9-15-17-10-13(22-15)12-6-3-2-4-7-12/h2-4,6-7,10H,5,8-9H2,1H3,(H,18,20,21). The predicted octanol–water partition coefficient (Wildman–Crippen LogP) is 3.46. The zero-order valence-corrected chi connectivity index (χ0v) is 13.5. The lowest BCUT2D eigenvalue weighted by molar-refractivity contribution is -0.116. The van der Waals surface area contributed by atoms with Gasteiger partial charge in [0.05, 0.1) is 6.20 Å². The Morgan fingerprint density at radius 1 is 1.26 bits per heavy atom. The Morgan fingerprint density at radius 3 is 2.83 bits per heavy atom. The Labute approximate surface area is 137 Å². The van der Waals surface area contributed by atoms with Crippen molar-refractivity contribution in [2.75, 3.05) is 5.32 Å². The number of rotatable bonds is 6. The molecule has 0 aliphatic carbocycles. The van der Waals surface area contributed by atoms with Crippen LogP contribution in [0, 0.1) is 6.92 Å². The van der Waals surface area contributed by atoms with Gasteiger partial charge in [0.25, 0.3) is 0 Å². The average molecular weight is 328 g/mol. The number of amides is 1. The van der Waals surface area contributed by atoms with Crippen molar-refractivity contribution in [3.8, 4) is 11.3 Å². The third-order valence-corrected chi connectivity index (χ3v) is 3.93. The lowest BCUT2D eigenvalue weighted by Gasteiger charge is -1.99. The molecule has 0 aliphatic heterocycles. The monoisotopic (exact) mass is 328 g/mol. The Hall–Kier alpha value is -2.54. The SMILES string of the molecule is Cc1nnc(NC(=O)CCCc2ncc(-c3ccccc3)o2)s1. The molecule has 1 amide bonds. The first-order valence-corrected chi connectivity index (χ1v) is 8.12. The number of aromatic nitrogens is 3. The van der Waals surface area contributed by atoms with Crippen molar-refractivity contribution in [3.63, 3.8) is 0 Å². The summed E-state index contributed by atoms with van der Waals surface area (Å²) in [5, 5.41) is 11.8. The summed E-state index contributed by atoms with van der Waals surface area (Å²) in [4.78, 5) is 16.1. The summed E-state index contributed by atoms with van der Waals surface area (Å²) in [5.74, 6) is 1.31.